The molecule has 0 unspecified atom stereocenters. The first-order valence-corrected chi connectivity index (χ1v) is 7.29. The highest BCUT2D eigenvalue weighted by atomic mass is 32.2. The molecule has 1 heterocycles. The molecule has 0 aliphatic heterocycles. The van der Waals surface area contributed by atoms with Crippen LogP contribution in [-0.4, -0.2) is 29.3 Å². The zero-order chi connectivity index (χ0) is 14.8. The number of sulfonamides is 1. The second-order valence-corrected chi connectivity index (χ2v) is 5.70. The van der Waals surface area contributed by atoms with E-state index in [2.05, 4.69) is 9.82 Å². The quantitative estimate of drug-likeness (QED) is 0.868. The maximum atomic E-state index is 12.1. The minimum atomic E-state index is -3.75. The standard InChI is InChI=1S/C12H13N3O4S/c1-2-15-8-10(7-13-15)14-20(18,19)11-5-3-9(4-6-11)12(16)17/h3-8,14H,2H2,1H3,(H,16,17). The highest BCUT2D eigenvalue weighted by Crippen LogP contribution is 2.16. The van der Waals surface area contributed by atoms with Gasteiger partial charge in [-0.25, -0.2) is 13.2 Å². The first kappa shape index (κ1) is 14.1. The average molecular weight is 295 g/mol. The van der Waals surface area contributed by atoms with Gasteiger partial charge in [-0.1, -0.05) is 0 Å². The fraction of sp³-hybridized carbons (Fsp3) is 0.167. The summed E-state index contributed by atoms with van der Waals surface area (Å²) in [6.07, 6.45) is 2.98. The van der Waals surface area contributed by atoms with Crippen molar-refractivity contribution in [1.82, 2.24) is 9.78 Å². The SMILES string of the molecule is CCn1cc(NS(=O)(=O)c2ccc(C(=O)O)cc2)cn1. The Morgan fingerprint density at radius 1 is 1.35 bits per heavy atom. The van der Waals surface area contributed by atoms with Crippen LogP contribution in [0.5, 0.6) is 0 Å². The number of aryl methyl sites for hydroxylation is 1. The fourth-order valence-corrected chi connectivity index (χ4v) is 2.61. The fourth-order valence-electron chi connectivity index (χ4n) is 1.58. The number of anilines is 1. The molecule has 1 aromatic carbocycles. The van der Waals surface area contributed by atoms with E-state index in [0.29, 0.717) is 12.2 Å². The molecule has 106 valence electrons. The molecule has 0 aliphatic carbocycles. The second-order valence-electron chi connectivity index (χ2n) is 4.02. The topological polar surface area (TPSA) is 101 Å². The van der Waals surface area contributed by atoms with Gasteiger partial charge in [-0.15, -0.1) is 0 Å². The number of carboxylic acid groups (broad SMARTS) is 1. The minimum Gasteiger partial charge on any atom is -0.478 e. The van der Waals surface area contributed by atoms with E-state index in [9.17, 15) is 13.2 Å². The van der Waals surface area contributed by atoms with Gasteiger partial charge in [0.25, 0.3) is 10.0 Å². The van der Waals surface area contributed by atoms with Crippen LogP contribution >= 0.6 is 0 Å². The zero-order valence-electron chi connectivity index (χ0n) is 10.6. The van der Waals surface area contributed by atoms with E-state index in [-0.39, 0.29) is 10.5 Å². The molecule has 1 aromatic heterocycles. The molecular weight excluding hydrogens is 282 g/mol. The Kier molecular flexibility index (Phi) is 3.75. The summed E-state index contributed by atoms with van der Waals surface area (Å²) in [7, 11) is -3.75. The molecule has 0 saturated heterocycles. The summed E-state index contributed by atoms with van der Waals surface area (Å²) in [5, 5.41) is 12.7. The highest BCUT2D eigenvalue weighted by Gasteiger charge is 2.15. The third kappa shape index (κ3) is 2.97. The van der Waals surface area contributed by atoms with Crippen LogP contribution in [0.15, 0.2) is 41.6 Å². The summed E-state index contributed by atoms with van der Waals surface area (Å²) in [4.78, 5) is 10.7. The van der Waals surface area contributed by atoms with Crippen molar-refractivity contribution in [3.8, 4) is 0 Å². The van der Waals surface area contributed by atoms with Gasteiger partial charge in [0.1, 0.15) is 0 Å². The smallest absolute Gasteiger partial charge is 0.335 e. The molecule has 0 amide bonds. The van der Waals surface area contributed by atoms with Crippen LogP contribution in [0.2, 0.25) is 0 Å². The molecule has 7 nitrogen and oxygen atoms in total. The maximum absolute atomic E-state index is 12.1. The molecule has 2 rings (SSSR count). The number of aromatic carboxylic acids is 1. The van der Waals surface area contributed by atoms with E-state index in [0.717, 1.165) is 0 Å². The van der Waals surface area contributed by atoms with Crippen LogP contribution in [0.4, 0.5) is 5.69 Å². The van der Waals surface area contributed by atoms with Gasteiger partial charge in [0.15, 0.2) is 0 Å². The highest BCUT2D eigenvalue weighted by molar-refractivity contribution is 7.92. The lowest BCUT2D eigenvalue weighted by Crippen LogP contribution is -2.12. The van der Waals surface area contributed by atoms with E-state index in [4.69, 9.17) is 5.11 Å². The Bertz CT molecular complexity index is 719. The lowest BCUT2D eigenvalue weighted by molar-refractivity contribution is 0.0697. The number of hydrogen-bond donors (Lipinski definition) is 2. The third-order valence-corrected chi connectivity index (χ3v) is 4.02. The number of nitrogens with zero attached hydrogens (tertiary/aromatic N) is 2. The van der Waals surface area contributed by atoms with Crippen LogP contribution in [0.1, 0.15) is 17.3 Å². The zero-order valence-corrected chi connectivity index (χ0v) is 11.5. The summed E-state index contributed by atoms with van der Waals surface area (Å²) in [5.74, 6) is -1.11. The maximum Gasteiger partial charge on any atom is 0.335 e. The molecule has 0 saturated carbocycles. The number of nitrogens with one attached hydrogen (secondary N) is 1. The Morgan fingerprint density at radius 2 is 2.00 bits per heavy atom. The molecule has 0 radical (unpaired) electrons. The average Bonchev–Trinajstić information content (AvgIpc) is 2.85. The van der Waals surface area contributed by atoms with Gasteiger partial charge in [0.05, 0.1) is 22.3 Å². The van der Waals surface area contributed by atoms with Gasteiger partial charge in [-0.05, 0) is 31.2 Å². The van der Waals surface area contributed by atoms with Gasteiger partial charge in [-0.3, -0.25) is 9.40 Å². The van der Waals surface area contributed by atoms with Crippen LogP contribution in [0.25, 0.3) is 0 Å². The first-order chi connectivity index (χ1) is 9.42. The van der Waals surface area contributed by atoms with E-state index in [1.807, 2.05) is 6.92 Å². The van der Waals surface area contributed by atoms with Crippen molar-refractivity contribution >= 4 is 21.7 Å². The normalized spacial score (nSPS) is 11.2. The van der Waals surface area contributed by atoms with Crippen molar-refractivity contribution in [3.05, 3.63) is 42.2 Å². The Balaban J connectivity index is 2.23. The number of carboxylic acids is 1. The van der Waals surface area contributed by atoms with Crippen LogP contribution < -0.4 is 4.72 Å². The van der Waals surface area contributed by atoms with Crippen molar-refractivity contribution in [2.75, 3.05) is 4.72 Å². The third-order valence-electron chi connectivity index (χ3n) is 2.62. The van der Waals surface area contributed by atoms with Gasteiger partial charge in [-0.2, -0.15) is 5.10 Å². The number of aromatic nitrogens is 2. The van der Waals surface area contributed by atoms with Gasteiger partial charge < -0.3 is 5.11 Å². The van der Waals surface area contributed by atoms with E-state index in [1.165, 1.54) is 30.5 Å². The van der Waals surface area contributed by atoms with Gasteiger partial charge in [0, 0.05) is 12.7 Å². The predicted molar refractivity (Wildman–Crippen MR) is 72.1 cm³/mol. The van der Waals surface area contributed by atoms with Gasteiger partial charge in [0.2, 0.25) is 0 Å². The molecule has 0 atom stereocenters. The number of benzene rings is 1. The van der Waals surface area contributed by atoms with Crippen LogP contribution in [-0.2, 0) is 16.6 Å². The summed E-state index contributed by atoms with van der Waals surface area (Å²) in [6.45, 7) is 2.52. The van der Waals surface area contributed by atoms with Crippen LogP contribution in [0.3, 0.4) is 0 Å². The van der Waals surface area contributed by atoms with Crippen LogP contribution in [0, 0.1) is 0 Å². The summed E-state index contributed by atoms with van der Waals surface area (Å²) < 4.78 is 28.1. The van der Waals surface area contributed by atoms with Crippen molar-refractivity contribution in [3.63, 3.8) is 0 Å². The van der Waals surface area contributed by atoms with E-state index < -0.39 is 16.0 Å². The number of hydrogen-bond acceptors (Lipinski definition) is 4. The van der Waals surface area contributed by atoms with Crippen molar-refractivity contribution in [2.45, 2.75) is 18.4 Å². The molecule has 2 N–H and O–H groups in total. The Labute approximate surface area is 115 Å². The van der Waals surface area contributed by atoms with E-state index in [1.54, 1.807) is 10.9 Å². The number of rotatable bonds is 5. The second kappa shape index (κ2) is 5.33. The minimum absolute atomic E-state index is 0.00764. The monoisotopic (exact) mass is 295 g/mol. The largest absolute Gasteiger partial charge is 0.478 e. The van der Waals surface area contributed by atoms with E-state index >= 15 is 0 Å². The lowest BCUT2D eigenvalue weighted by Gasteiger charge is -2.06. The summed E-state index contributed by atoms with van der Waals surface area (Å²) in [5.41, 5.74) is 0.386. The molecule has 0 aliphatic rings. The molecular formula is C12H13N3O4S. The number of carbonyl (C=O) groups is 1. The predicted octanol–water partition coefficient (Wildman–Crippen LogP) is 1.40. The first-order valence-electron chi connectivity index (χ1n) is 5.81. The lowest BCUT2D eigenvalue weighted by atomic mass is 10.2. The molecule has 20 heavy (non-hydrogen) atoms. The van der Waals surface area contributed by atoms with Gasteiger partial charge >= 0.3 is 5.97 Å². The van der Waals surface area contributed by atoms with Crippen molar-refractivity contribution < 1.29 is 18.3 Å². The molecule has 8 heteroatoms. The molecule has 0 spiro atoms. The van der Waals surface area contributed by atoms with Crippen molar-refractivity contribution in [2.24, 2.45) is 0 Å². The molecule has 0 bridgehead atoms. The van der Waals surface area contributed by atoms with Crippen molar-refractivity contribution in [1.29, 1.82) is 0 Å². The summed E-state index contributed by atoms with van der Waals surface area (Å²) in [6, 6.07) is 4.98. The Morgan fingerprint density at radius 3 is 2.50 bits per heavy atom. The molecule has 2 aromatic rings. The summed E-state index contributed by atoms with van der Waals surface area (Å²) >= 11 is 0. The molecule has 0 fully saturated rings. The Hall–Kier alpha value is -2.35.